The Labute approximate surface area is 156 Å². The van der Waals surface area contributed by atoms with Crippen LogP contribution in [0.3, 0.4) is 0 Å². The molecule has 2 aromatic carbocycles. The van der Waals surface area contributed by atoms with Gasteiger partial charge in [-0.3, -0.25) is 9.59 Å². The second kappa shape index (κ2) is 8.03. The lowest BCUT2D eigenvalue weighted by molar-refractivity contribution is -0.116. The number of H-pyrrole nitrogens is 1. The molecule has 0 bridgehead atoms. The zero-order valence-corrected chi connectivity index (χ0v) is 15.2. The molecule has 5 nitrogen and oxygen atoms in total. The molecule has 0 saturated carbocycles. The number of halogens is 1. The highest BCUT2D eigenvalue weighted by molar-refractivity contribution is 5.91. The van der Waals surface area contributed by atoms with Crippen LogP contribution in [0.4, 0.5) is 10.1 Å². The first-order valence-electron chi connectivity index (χ1n) is 8.79. The van der Waals surface area contributed by atoms with Gasteiger partial charge in [0, 0.05) is 17.7 Å². The molecule has 0 aliphatic rings. The SMILES string of the molecule is CC(C)Oc1ccc(NC(=O)CCc2cc3ccc(F)cc3[nH]c2=O)cc1. The maximum absolute atomic E-state index is 13.2. The number of pyridine rings is 1. The largest absolute Gasteiger partial charge is 0.491 e. The monoisotopic (exact) mass is 368 g/mol. The molecule has 0 atom stereocenters. The van der Waals surface area contributed by atoms with Crippen LogP contribution in [0.5, 0.6) is 5.75 Å². The lowest BCUT2D eigenvalue weighted by atomic mass is 10.1. The summed E-state index contributed by atoms with van der Waals surface area (Å²) in [6, 6.07) is 13.0. The van der Waals surface area contributed by atoms with Gasteiger partial charge < -0.3 is 15.0 Å². The summed E-state index contributed by atoms with van der Waals surface area (Å²) in [6.45, 7) is 3.89. The van der Waals surface area contributed by atoms with Gasteiger partial charge in [0.05, 0.1) is 11.6 Å². The zero-order chi connectivity index (χ0) is 19.4. The van der Waals surface area contributed by atoms with Gasteiger partial charge in [0.1, 0.15) is 11.6 Å². The fraction of sp³-hybridized carbons (Fsp3) is 0.238. The highest BCUT2D eigenvalue weighted by Crippen LogP contribution is 2.17. The van der Waals surface area contributed by atoms with Gasteiger partial charge in [-0.25, -0.2) is 4.39 Å². The number of hydrogen-bond donors (Lipinski definition) is 2. The van der Waals surface area contributed by atoms with Crippen molar-refractivity contribution in [2.75, 3.05) is 5.32 Å². The maximum atomic E-state index is 13.2. The summed E-state index contributed by atoms with van der Waals surface area (Å²) in [5.74, 6) is 0.142. The second-order valence-corrected chi connectivity index (χ2v) is 6.59. The molecular formula is C21H21FN2O3. The summed E-state index contributed by atoms with van der Waals surface area (Å²) >= 11 is 0. The Kier molecular flexibility index (Phi) is 5.54. The Morgan fingerprint density at radius 1 is 1.15 bits per heavy atom. The summed E-state index contributed by atoms with van der Waals surface area (Å²) in [5.41, 5.74) is 1.29. The molecule has 140 valence electrons. The van der Waals surface area contributed by atoms with Crippen LogP contribution < -0.4 is 15.6 Å². The predicted molar refractivity (Wildman–Crippen MR) is 104 cm³/mol. The first-order chi connectivity index (χ1) is 12.9. The summed E-state index contributed by atoms with van der Waals surface area (Å²) in [4.78, 5) is 26.9. The molecule has 0 spiro atoms. The molecule has 6 heteroatoms. The smallest absolute Gasteiger partial charge is 0.251 e. The number of aryl methyl sites for hydroxylation is 1. The number of anilines is 1. The number of fused-ring (bicyclic) bond motifs is 1. The lowest BCUT2D eigenvalue weighted by Crippen LogP contribution is -2.17. The maximum Gasteiger partial charge on any atom is 0.251 e. The van der Waals surface area contributed by atoms with E-state index in [1.54, 1.807) is 36.4 Å². The zero-order valence-electron chi connectivity index (χ0n) is 15.2. The average molecular weight is 368 g/mol. The van der Waals surface area contributed by atoms with Gasteiger partial charge in [-0.15, -0.1) is 0 Å². The van der Waals surface area contributed by atoms with E-state index in [4.69, 9.17) is 4.74 Å². The number of rotatable bonds is 6. The van der Waals surface area contributed by atoms with E-state index in [9.17, 15) is 14.0 Å². The molecule has 3 rings (SSSR count). The number of nitrogens with one attached hydrogen (secondary N) is 2. The van der Waals surface area contributed by atoms with Crippen molar-refractivity contribution in [3.63, 3.8) is 0 Å². The second-order valence-electron chi connectivity index (χ2n) is 6.59. The van der Waals surface area contributed by atoms with Crippen LogP contribution in [0.2, 0.25) is 0 Å². The van der Waals surface area contributed by atoms with Crippen LogP contribution in [0, 0.1) is 5.82 Å². The quantitative estimate of drug-likeness (QED) is 0.690. The number of amides is 1. The van der Waals surface area contributed by atoms with E-state index in [0.29, 0.717) is 23.2 Å². The molecule has 1 aromatic heterocycles. The van der Waals surface area contributed by atoms with Crippen LogP contribution >= 0.6 is 0 Å². The molecule has 1 amide bonds. The number of carbonyl (C=O) groups excluding carboxylic acids is 1. The van der Waals surface area contributed by atoms with Crippen LogP contribution in [0.25, 0.3) is 10.9 Å². The van der Waals surface area contributed by atoms with Crippen molar-refractivity contribution < 1.29 is 13.9 Å². The third-order valence-electron chi connectivity index (χ3n) is 4.02. The molecule has 0 aliphatic heterocycles. The molecule has 0 radical (unpaired) electrons. The Balaban J connectivity index is 1.62. The van der Waals surface area contributed by atoms with E-state index in [1.807, 2.05) is 13.8 Å². The average Bonchev–Trinajstić information content (AvgIpc) is 2.61. The van der Waals surface area contributed by atoms with Crippen molar-refractivity contribution >= 4 is 22.5 Å². The summed E-state index contributed by atoms with van der Waals surface area (Å²) < 4.78 is 18.8. The number of carbonyl (C=O) groups is 1. The molecule has 0 saturated heterocycles. The highest BCUT2D eigenvalue weighted by Gasteiger charge is 2.08. The van der Waals surface area contributed by atoms with Crippen molar-refractivity contribution in [3.8, 4) is 5.75 Å². The fourth-order valence-corrected chi connectivity index (χ4v) is 2.76. The molecule has 0 aliphatic carbocycles. The number of aromatic amines is 1. The lowest BCUT2D eigenvalue weighted by Gasteiger charge is -2.10. The van der Waals surface area contributed by atoms with Crippen molar-refractivity contribution in [2.45, 2.75) is 32.8 Å². The summed E-state index contributed by atoms with van der Waals surface area (Å²) in [5, 5.41) is 3.53. The molecule has 0 fully saturated rings. The van der Waals surface area contributed by atoms with Gasteiger partial charge in [-0.05, 0) is 74.2 Å². The van der Waals surface area contributed by atoms with E-state index in [-0.39, 0.29) is 24.0 Å². The standard InChI is InChI=1S/C21H21FN2O3/c1-13(2)27-18-8-6-17(7-9-18)23-20(25)10-4-15-11-14-3-5-16(22)12-19(14)24-21(15)26/h3,5-9,11-13H,4,10H2,1-2H3,(H,23,25)(H,24,26). The van der Waals surface area contributed by atoms with Gasteiger partial charge in [0.2, 0.25) is 5.91 Å². The molecule has 2 N–H and O–H groups in total. The number of benzene rings is 2. The Hall–Kier alpha value is -3.15. The minimum absolute atomic E-state index is 0.0852. The van der Waals surface area contributed by atoms with Gasteiger partial charge >= 0.3 is 0 Å². The molecule has 27 heavy (non-hydrogen) atoms. The Bertz CT molecular complexity index is 1010. The minimum Gasteiger partial charge on any atom is -0.491 e. The number of ether oxygens (including phenoxy) is 1. The van der Waals surface area contributed by atoms with E-state index < -0.39 is 5.82 Å². The third kappa shape index (κ3) is 4.94. The van der Waals surface area contributed by atoms with E-state index >= 15 is 0 Å². The Morgan fingerprint density at radius 3 is 2.59 bits per heavy atom. The van der Waals surface area contributed by atoms with Gasteiger partial charge in [-0.1, -0.05) is 0 Å². The minimum atomic E-state index is -0.407. The Morgan fingerprint density at radius 2 is 1.89 bits per heavy atom. The fourth-order valence-electron chi connectivity index (χ4n) is 2.76. The third-order valence-corrected chi connectivity index (χ3v) is 4.02. The highest BCUT2D eigenvalue weighted by atomic mass is 19.1. The van der Waals surface area contributed by atoms with E-state index in [1.165, 1.54) is 12.1 Å². The topological polar surface area (TPSA) is 71.2 Å². The van der Waals surface area contributed by atoms with E-state index in [0.717, 1.165) is 11.1 Å². The van der Waals surface area contributed by atoms with Crippen molar-refractivity contribution in [3.05, 3.63) is 70.3 Å². The van der Waals surface area contributed by atoms with Crippen molar-refractivity contribution in [1.82, 2.24) is 4.98 Å². The normalized spacial score (nSPS) is 11.0. The summed E-state index contributed by atoms with van der Waals surface area (Å²) in [6.07, 6.45) is 0.547. The van der Waals surface area contributed by atoms with Gasteiger partial charge in [0.25, 0.3) is 5.56 Å². The van der Waals surface area contributed by atoms with Crippen LogP contribution in [0.1, 0.15) is 25.8 Å². The first kappa shape index (κ1) is 18.6. The molecule has 1 heterocycles. The van der Waals surface area contributed by atoms with Crippen LogP contribution in [-0.2, 0) is 11.2 Å². The number of aromatic nitrogens is 1. The van der Waals surface area contributed by atoms with Crippen molar-refractivity contribution in [2.24, 2.45) is 0 Å². The van der Waals surface area contributed by atoms with E-state index in [2.05, 4.69) is 10.3 Å². The van der Waals surface area contributed by atoms with Crippen LogP contribution in [0.15, 0.2) is 53.3 Å². The van der Waals surface area contributed by atoms with Gasteiger partial charge in [-0.2, -0.15) is 0 Å². The molecule has 3 aromatic rings. The van der Waals surface area contributed by atoms with Crippen molar-refractivity contribution in [1.29, 1.82) is 0 Å². The molecular weight excluding hydrogens is 347 g/mol. The number of hydrogen-bond acceptors (Lipinski definition) is 3. The molecule has 0 unspecified atom stereocenters. The summed E-state index contributed by atoms with van der Waals surface area (Å²) in [7, 11) is 0. The first-order valence-corrected chi connectivity index (χ1v) is 8.79. The predicted octanol–water partition coefficient (Wildman–Crippen LogP) is 4.03. The van der Waals surface area contributed by atoms with Crippen LogP contribution in [-0.4, -0.2) is 17.0 Å². The van der Waals surface area contributed by atoms with Gasteiger partial charge in [0.15, 0.2) is 0 Å².